The zero-order valence-electron chi connectivity index (χ0n) is 9.27. The number of rotatable bonds is 3. The molecule has 0 amide bonds. The molecule has 0 N–H and O–H groups in total. The fourth-order valence-electron chi connectivity index (χ4n) is 1.55. The van der Waals surface area contributed by atoms with Crippen LogP contribution in [0.15, 0.2) is 39.7 Å². The zero-order valence-corrected chi connectivity index (χ0v) is 9.27. The standard InChI is InChI=1S/C12H13NO3/c1-3-15-11-6-4-10(5-7-11)13-9(2)8-16-12(13)14/h4-8H,3H2,1-2H3. The molecule has 0 bridgehead atoms. The van der Waals surface area contributed by atoms with E-state index in [-0.39, 0.29) is 5.76 Å². The molecular weight excluding hydrogens is 206 g/mol. The van der Waals surface area contributed by atoms with E-state index in [2.05, 4.69) is 0 Å². The maximum Gasteiger partial charge on any atom is 0.423 e. The van der Waals surface area contributed by atoms with Crippen LogP contribution in [0.5, 0.6) is 5.75 Å². The van der Waals surface area contributed by atoms with E-state index in [1.165, 1.54) is 10.8 Å². The van der Waals surface area contributed by atoms with Gasteiger partial charge in [0, 0.05) is 0 Å². The number of benzene rings is 1. The van der Waals surface area contributed by atoms with E-state index in [0.29, 0.717) is 6.61 Å². The Morgan fingerprint density at radius 3 is 2.50 bits per heavy atom. The summed E-state index contributed by atoms with van der Waals surface area (Å²) in [4.78, 5) is 11.4. The molecule has 0 atom stereocenters. The third-order valence-electron chi connectivity index (χ3n) is 2.27. The summed E-state index contributed by atoms with van der Waals surface area (Å²) in [5.41, 5.74) is 1.55. The molecule has 0 spiro atoms. The van der Waals surface area contributed by atoms with Crippen LogP contribution >= 0.6 is 0 Å². The van der Waals surface area contributed by atoms with Gasteiger partial charge < -0.3 is 9.15 Å². The maximum atomic E-state index is 11.4. The number of hydrogen-bond acceptors (Lipinski definition) is 3. The van der Waals surface area contributed by atoms with E-state index in [1.54, 1.807) is 0 Å². The van der Waals surface area contributed by atoms with Crippen molar-refractivity contribution in [3.05, 3.63) is 46.8 Å². The lowest BCUT2D eigenvalue weighted by molar-refractivity contribution is 0.340. The minimum Gasteiger partial charge on any atom is -0.494 e. The summed E-state index contributed by atoms with van der Waals surface area (Å²) in [6, 6.07) is 7.32. The number of hydrogen-bond donors (Lipinski definition) is 0. The van der Waals surface area contributed by atoms with Crippen LogP contribution in [0, 0.1) is 6.92 Å². The van der Waals surface area contributed by atoms with Crippen LogP contribution in [-0.2, 0) is 0 Å². The Kier molecular flexibility index (Phi) is 2.81. The molecule has 1 aromatic heterocycles. The van der Waals surface area contributed by atoms with E-state index in [4.69, 9.17) is 9.15 Å². The van der Waals surface area contributed by atoms with Crippen molar-refractivity contribution in [2.45, 2.75) is 13.8 Å². The van der Waals surface area contributed by atoms with Crippen LogP contribution in [-0.4, -0.2) is 11.2 Å². The zero-order chi connectivity index (χ0) is 11.5. The minimum atomic E-state index is -0.373. The summed E-state index contributed by atoms with van der Waals surface area (Å²) in [5, 5.41) is 0. The van der Waals surface area contributed by atoms with Gasteiger partial charge in [0.15, 0.2) is 0 Å². The monoisotopic (exact) mass is 219 g/mol. The molecule has 84 valence electrons. The number of aromatic nitrogens is 1. The van der Waals surface area contributed by atoms with Gasteiger partial charge in [-0.15, -0.1) is 0 Å². The first-order chi connectivity index (χ1) is 7.72. The molecule has 0 saturated carbocycles. The largest absolute Gasteiger partial charge is 0.494 e. The van der Waals surface area contributed by atoms with Crippen LogP contribution < -0.4 is 10.5 Å². The van der Waals surface area contributed by atoms with Gasteiger partial charge in [0.1, 0.15) is 12.0 Å². The minimum absolute atomic E-state index is 0.373. The summed E-state index contributed by atoms with van der Waals surface area (Å²) < 4.78 is 11.6. The molecular formula is C12H13NO3. The Morgan fingerprint density at radius 1 is 1.31 bits per heavy atom. The lowest BCUT2D eigenvalue weighted by atomic mass is 10.3. The molecule has 0 saturated heterocycles. The highest BCUT2D eigenvalue weighted by Gasteiger charge is 2.06. The van der Waals surface area contributed by atoms with Gasteiger partial charge in [0.2, 0.25) is 0 Å². The molecule has 1 heterocycles. The summed E-state index contributed by atoms with van der Waals surface area (Å²) in [7, 11) is 0. The van der Waals surface area contributed by atoms with Crippen molar-refractivity contribution >= 4 is 0 Å². The van der Waals surface area contributed by atoms with Crippen molar-refractivity contribution in [2.75, 3.05) is 6.61 Å². The molecule has 16 heavy (non-hydrogen) atoms. The normalized spacial score (nSPS) is 10.4. The molecule has 4 heteroatoms. The van der Waals surface area contributed by atoms with E-state index < -0.39 is 0 Å². The second-order valence-electron chi connectivity index (χ2n) is 3.41. The summed E-state index contributed by atoms with van der Waals surface area (Å²) in [6.07, 6.45) is 1.44. The molecule has 4 nitrogen and oxygen atoms in total. The van der Waals surface area contributed by atoms with Gasteiger partial charge in [-0.3, -0.25) is 0 Å². The highest BCUT2D eigenvalue weighted by molar-refractivity contribution is 5.38. The van der Waals surface area contributed by atoms with E-state index in [9.17, 15) is 4.79 Å². The first-order valence-corrected chi connectivity index (χ1v) is 5.12. The third-order valence-corrected chi connectivity index (χ3v) is 2.27. The molecule has 1 aromatic carbocycles. The number of ether oxygens (including phenoxy) is 1. The molecule has 0 radical (unpaired) electrons. The van der Waals surface area contributed by atoms with Gasteiger partial charge in [-0.1, -0.05) is 0 Å². The Labute approximate surface area is 93.1 Å². The smallest absolute Gasteiger partial charge is 0.423 e. The predicted octanol–water partition coefficient (Wildman–Crippen LogP) is 2.14. The van der Waals surface area contributed by atoms with Gasteiger partial charge in [0.05, 0.1) is 18.0 Å². The Hall–Kier alpha value is -1.97. The summed E-state index contributed by atoms with van der Waals surface area (Å²) in [5.74, 6) is 0.419. The highest BCUT2D eigenvalue weighted by atomic mass is 16.5. The molecule has 0 aliphatic carbocycles. The van der Waals surface area contributed by atoms with Gasteiger partial charge in [0.25, 0.3) is 0 Å². The summed E-state index contributed by atoms with van der Waals surface area (Å²) >= 11 is 0. The Morgan fingerprint density at radius 2 is 2.00 bits per heavy atom. The van der Waals surface area contributed by atoms with Crippen molar-refractivity contribution < 1.29 is 9.15 Å². The molecule has 2 aromatic rings. The van der Waals surface area contributed by atoms with Gasteiger partial charge in [-0.2, -0.15) is 0 Å². The van der Waals surface area contributed by atoms with E-state index in [0.717, 1.165) is 17.1 Å². The first kappa shape index (κ1) is 10.5. The Balaban J connectivity index is 2.39. The van der Waals surface area contributed by atoms with Crippen molar-refractivity contribution in [1.29, 1.82) is 0 Å². The van der Waals surface area contributed by atoms with Gasteiger partial charge in [-0.25, -0.2) is 9.36 Å². The van der Waals surface area contributed by atoms with Crippen LogP contribution in [0.3, 0.4) is 0 Å². The van der Waals surface area contributed by atoms with Crippen molar-refractivity contribution in [3.8, 4) is 11.4 Å². The summed E-state index contributed by atoms with van der Waals surface area (Å²) in [6.45, 7) is 4.38. The maximum absolute atomic E-state index is 11.4. The fraction of sp³-hybridized carbons (Fsp3) is 0.250. The van der Waals surface area contributed by atoms with Gasteiger partial charge in [-0.05, 0) is 38.1 Å². The lowest BCUT2D eigenvalue weighted by Gasteiger charge is -2.05. The predicted molar refractivity (Wildman–Crippen MR) is 60.2 cm³/mol. The second-order valence-corrected chi connectivity index (χ2v) is 3.41. The fourth-order valence-corrected chi connectivity index (χ4v) is 1.55. The lowest BCUT2D eigenvalue weighted by Crippen LogP contribution is -2.13. The number of oxazole rings is 1. The van der Waals surface area contributed by atoms with Crippen LogP contribution in [0.4, 0.5) is 0 Å². The average molecular weight is 219 g/mol. The SMILES string of the molecule is CCOc1ccc(-n2c(C)coc2=O)cc1. The second kappa shape index (κ2) is 4.26. The van der Waals surface area contributed by atoms with E-state index >= 15 is 0 Å². The van der Waals surface area contributed by atoms with Crippen molar-refractivity contribution in [1.82, 2.24) is 4.57 Å². The molecule has 0 aliphatic rings. The van der Waals surface area contributed by atoms with Gasteiger partial charge >= 0.3 is 5.76 Å². The molecule has 0 unspecified atom stereocenters. The molecule has 2 rings (SSSR count). The van der Waals surface area contributed by atoms with Crippen LogP contribution in [0.25, 0.3) is 5.69 Å². The van der Waals surface area contributed by atoms with E-state index in [1.807, 2.05) is 38.1 Å². The number of nitrogens with zero attached hydrogens (tertiary/aromatic N) is 1. The first-order valence-electron chi connectivity index (χ1n) is 5.12. The van der Waals surface area contributed by atoms with Crippen molar-refractivity contribution in [3.63, 3.8) is 0 Å². The highest BCUT2D eigenvalue weighted by Crippen LogP contribution is 2.15. The average Bonchev–Trinajstić information content (AvgIpc) is 2.61. The quantitative estimate of drug-likeness (QED) is 0.794. The van der Waals surface area contributed by atoms with Crippen LogP contribution in [0.2, 0.25) is 0 Å². The van der Waals surface area contributed by atoms with Crippen molar-refractivity contribution in [2.24, 2.45) is 0 Å². The Bertz CT molecular complexity index is 522. The molecule has 0 fully saturated rings. The molecule has 0 aliphatic heterocycles. The third kappa shape index (κ3) is 1.86. The topological polar surface area (TPSA) is 44.4 Å². The number of aryl methyl sites for hydroxylation is 1. The van der Waals surface area contributed by atoms with Crippen LogP contribution in [0.1, 0.15) is 12.6 Å².